The molecule has 11 heteroatoms. The van der Waals surface area contributed by atoms with Gasteiger partial charge in [0.1, 0.15) is 18.3 Å². The number of nitrogens with two attached hydrogens (primary N) is 1. The first kappa shape index (κ1) is 14.4. The number of aliphatic hydroxyl groups excluding tert-OH is 3. The fraction of sp³-hybridized carbons (Fsp3) is 0.500. The van der Waals surface area contributed by atoms with Gasteiger partial charge in [0.2, 0.25) is 5.95 Å². The molecule has 3 heterocycles. The molecule has 3 rings (SSSR count). The number of anilines is 1. The van der Waals surface area contributed by atoms with Gasteiger partial charge in [-0.2, -0.15) is 4.98 Å². The number of halogens is 1. The van der Waals surface area contributed by atoms with E-state index in [0.717, 1.165) is 0 Å². The van der Waals surface area contributed by atoms with E-state index in [9.17, 15) is 15.0 Å². The first-order valence-corrected chi connectivity index (χ1v) is 6.79. The predicted octanol–water partition coefficient (Wildman–Crippen LogP) is -1.92. The molecule has 6 N–H and O–H groups in total. The Balaban J connectivity index is 2.17. The summed E-state index contributed by atoms with van der Waals surface area (Å²) >= 11 is 3.15. The van der Waals surface area contributed by atoms with Gasteiger partial charge in [0.15, 0.2) is 22.1 Å². The molecule has 0 amide bonds. The van der Waals surface area contributed by atoms with Crippen LogP contribution in [0.4, 0.5) is 5.95 Å². The molecule has 2 aromatic heterocycles. The molecule has 114 valence electrons. The molecular formula is C10H12BrN5O5. The maximum Gasteiger partial charge on any atom is 0.280 e. The van der Waals surface area contributed by atoms with E-state index in [1.807, 2.05) is 0 Å². The Morgan fingerprint density at radius 2 is 2.10 bits per heavy atom. The number of hydrogen-bond donors (Lipinski definition) is 5. The topological polar surface area (TPSA) is 160 Å². The number of H-pyrrole nitrogens is 1. The minimum atomic E-state index is -1.32. The van der Waals surface area contributed by atoms with Crippen LogP contribution < -0.4 is 11.3 Å². The van der Waals surface area contributed by atoms with Crippen LogP contribution >= 0.6 is 15.9 Å². The molecule has 10 nitrogen and oxygen atoms in total. The third-order valence-electron chi connectivity index (χ3n) is 3.30. The highest BCUT2D eigenvalue weighted by atomic mass is 79.9. The predicted molar refractivity (Wildman–Crippen MR) is 73.3 cm³/mol. The summed E-state index contributed by atoms with van der Waals surface area (Å²) in [5, 5.41) is 29.0. The van der Waals surface area contributed by atoms with Gasteiger partial charge in [-0.3, -0.25) is 14.3 Å². The highest BCUT2D eigenvalue weighted by Crippen LogP contribution is 2.33. The number of fused-ring (bicyclic) bond motifs is 1. The van der Waals surface area contributed by atoms with Crippen LogP contribution in [0.1, 0.15) is 6.23 Å². The van der Waals surface area contributed by atoms with Crippen LogP contribution in [-0.4, -0.2) is 59.8 Å². The Labute approximate surface area is 125 Å². The van der Waals surface area contributed by atoms with Crippen LogP contribution in [-0.2, 0) is 4.74 Å². The molecule has 0 aliphatic carbocycles. The zero-order valence-corrected chi connectivity index (χ0v) is 12.1. The highest BCUT2D eigenvalue weighted by molar-refractivity contribution is 9.10. The number of hydrogen-bond acceptors (Lipinski definition) is 8. The smallest absolute Gasteiger partial charge is 0.280 e. The number of ether oxygens (including phenoxy) is 1. The molecule has 0 bridgehead atoms. The van der Waals surface area contributed by atoms with Crippen molar-refractivity contribution in [2.24, 2.45) is 0 Å². The lowest BCUT2D eigenvalue weighted by Gasteiger charge is -2.17. The molecule has 1 aliphatic rings. The number of nitrogens with one attached hydrogen (secondary N) is 1. The average Bonchev–Trinajstić information content (AvgIpc) is 2.89. The van der Waals surface area contributed by atoms with Crippen LogP contribution in [0.15, 0.2) is 9.53 Å². The van der Waals surface area contributed by atoms with E-state index in [1.54, 1.807) is 0 Å². The second-order valence-corrected chi connectivity index (χ2v) is 5.31. The van der Waals surface area contributed by atoms with Crippen LogP contribution in [0.5, 0.6) is 0 Å². The van der Waals surface area contributed by atoms with Gasteiger partial charge in [-0.1, -0.05) is 0 Å². The maximum atomic E-state index is 11.8. The molecule has 0 saturated carbocycles. The lowest BCUT2D eigenvalue weighted by molar-refractivity contribution is -0.0521. The van der Waals surface area contributed by atoms with Crippen molar-refractivity contribution in [3.05, 3.63) is 15.1 Å². The van der Waals surface area contributed by atoms with E-state index in [4.69, 9.17) is 15.6 Å². The van der Waals surface area contributed by atoms with Crippen LogP contribution in [0.2, 0.25) is 0 Å². The Hall–Kier alpha value is -1.53. The van der Waals surface area contributed by atoms with Crippen molar-refractivity contribution < 1.29 is 20.1 Å². The summed E-state index contributed by atoms with van der Waals surface area (Å²) in [6.07, 6.45) is -4.61. The Morgan fingerprint density at radius 3 is 2.71 bits per heavy atom. The molecule has 21 heavy (non-hydrogen) atoms. The zero-order valence-electron chi connectivity index (χ0n) is 10.5. The molecular weight excluding hydrogens is 350 g/mol. The van der Waals surface area contributed by atoms with Gasteiger partial charge >= 0.3 is 0 Å². The molecule has 1 saturated heterocycles. The van der Waals surface area contributed by atoms with E-state index in [-0.39, 0.29) is 21.8 Å². The summed E-state index contributed by atoms with van der Waals surface area (Å²) in [4.78, 5) is 22.0. The summed E-state index contributed by atoms with van der Waals surface area (Å²) in [5.74, 6) is -0.118. The molecule has 2 aromatic rings. The summed E-state index contributed by atoms with van der Waals surface area (Å²) in [7, 11) is 0. The molecule has 0 aromatic carbocycles. The van der Waals surface area contributed by atoms with Gasteiger partial charge in [0, 0.05) is 0 Å². The summed E-state index contributed by atoms with van der Waals surface area (Å²) < 4.78 is 6.87. The van der Waals surface area contributed by atoms with Crippen molar-refractivity contribution in [3.8, 4) is 0 Å². The fourth-order valence-corrected chi connectivity index (χ4v) is 2.84. The van der Waals surface area contributed by atoms with E-state index in [2.05, 4.69) is 30.9 Å². The molecule has 4 atom stereocenters. The minimum absolute atomic E-state index is 0.00816. The van der Waals surface area contributed by atoms with Crippen LogP contribution in [0.3, 0.4) is 0 Å². The van der Waals surface area contributed by atoms with E-state index < -0.39 is 36.7 Å². The second kappa shape index (κ2) is 5.03. The lowest BCUT2D eigenvalue weighted by Crippen LogP contribution is -2.33. The highest BCUT2D eigenvalue weighted by Gasteiger charge is 2.44. The Kier molecular flexibility index (Phi) is 3.45. The molecule has 0 radical (unpaired) electrons. The minimum Gasteiger partial charge on any atom is -0.394 e. The van der Waals surface area contributed by atoms with E-state index in [1.165, 1.54) is 4.57 Å². The summed E-state index contributed by atoms with van der Waals surface area (Å²) in [6.45, 7) is -0.463. The SMILES string of the molecule is Nc1nc2c(nc(Br)n2[C@@H]2O[C@@H](CO)[C@H](O)[C@H]2O)c(=O)[nH]1. The Morgan fingerprint density at radius 1 is 1.38 bits per heavy atom. The quantitative estimate of drug-likeness (QED) is 0.387. The van der Waals surface area contributed by atoms with Crippen molar-refractivity contribution in [3.63, 3.8) is 0 Å². The van der Waals surface area contributed by atoms with Gasteiger partial charge in [-0.05, 0) is 15.9 Å². The Bertz CT molecular complexity index is 745. The van der Waals surface area contributed by atoms with Crippen LogP contribution in [0.25, 0.3) is 11.2 Å². The molecule has 1 fully saturated rings. The van der Waals surface area contributed by atoms with Crippen molar-refractivity contribution >= 4 is 33.0 Å². The van der Waals surface area contributed by atoms with Gasteiger partial charge in [0.05, 0.1) is 6.61 Å². The van der Waals surface area contributed by atoms with Gasteiger partial charge in [-0.25, -0.2) is 4.98 Å². The van der Waals surface area contributed by atoms with Gasteiger partial charge in [0.25, 0.3) is 5.56 Å². The number of aromatic nitrogens is 4. The largest absolute Gasteiger partial charge is 0.394 e. The lowest BCUT2D eigenvalue weighted by atomic mass is 10.1. The molecule has 0 spiro atoms. The van der Waals surface area contributed by atoms with E-state index >= 15 is 0 Å². The van der Waals surface area contributed by atoms with Gasteiger partial charge in [-0.15, -0.1) is 0 Å². The number of nitrogens with zero attached hydrogens (tertiary/aromatic N) is 3. The summed E-state index contributed by atoms with van der Waals surface area (Å²) in [5.41, 5.74) is 5.07. The van der Waals surface area contributed by atoms with Crippen molar-refractivity contribution in [2.45, 2.75) is 24.5 Å². The van der Waals surface area contributed by atoms with Crippen molar-refractivity contribution in [1.82, 2.24) is 19.5 Å². The number of nitrogen functional groups attached to an aromatic ring is 1. The third kappa shape index (κ3) is 2.13. The normalized spacial score (nSPS) is 29.3. The molecule has 0 unspecified atom stereocenters. The fourth-order valence-electron chi connectivity index (χ4n) is 2.29. The maximum absolute atomic E-state index is 11.8. The van der Waals surface area contributed by atoms with E-state index in [0.29, 0.717) is 0 Å². The number of imidazole rings is 1. The average molecular weight is 362 g/mol. The number of rotatable bonds is 2. The standard InChI is InChI=1S/C10H12BrN5O5/c11-9-13-3-6(14-10(12)15-7(3)20)16(9)8-5(19)4(18)2(1-17)21-8/h2,4-5,8,17-19H,1H2,(H3,12,14,15,20)/t2-,4-,5+,8+/m0/s1. The first-order valence-electron chi connectivity index (χ1n) is 5.99. The monoisotopic (exact) mass is 361 g/mol. The molecule has 1 aliphatic heterocycles. The number of aliphatic hydroxyl groups is 3. The second-order valence-electron chi connectivity index (χ2n) is 4.60. The zero-order chi connectivity index (χ0) is 15.3. The summed E-state index contributed by atoms with van der Waals surface area (Å²) in [6, 6.07) is 0. The number of aromatic amines is 1. The van der Waals surface area contributed by atoms with Crippen molar-refractivity contribution in [1.29, 1.82) is 0 Å². The van der Waals surface area contributed by atoms with Crippen LogP contribution in [0, 0.1) is 0 Å². The first-order chi connectivity index (χ1) is 9.93. The van der Waals surface area contributed by atoms with Gasteiger partial charge < -0.3 is 25.8 Å². The van der Waals surface area contributed by atoms with Crippen molar-refractivity contribution in [2.75, 3.05) is 12.3 Å². The third-order valence-corrected chi connectivity index (χ3v) is 3.86.